The van der Waals surface area contributed by atoms with Gasteiger partial charge in [-0.15, -0.1) is 18.3 Å². The number of nitro groups is 1. The van der Waals surface area contributed by atoms with Gasteiger partial charge in [0.2, 0.25) is 10.0 Å². The number of aromatic nitrogens is 2. The first kappa shape index (κ1) is 24.1. The Labute approximate surface area is 174 Å². The van der Waals surface area contributed by atoms with Gasteiger partial charge in [-0.05, 0) is 37.1 Å². The third-order valence-corrected chi connectivity index (χ3v) is 5.22. The molecule has 1 aromatic carbocycles. The smallest absolute Gasteiger partial charge is 0.475 e. The van der Waals surface area contributed by atoms with E-state index in [0.29, 0.717) is 19.4 Å². The van der Waals surface area contributed by atoms with Gasteiger partial charge in [0.1, 0.15) is 6.20 Å². The molecule has 0 saturated heterocycles. The Morgan fingerprint density at radius 1 is 1.29 bits per heavy atom. The van der Waals surface area contributed by atoms with Gasteiger partial charge in [-0.1, -0.05) is 0 Å². The lowest BCUT2D eigenvalue weighted by Crippen LogP contribution is -2.25. The number of hydrogen-bond acceptors (Lipinski definition) is 8. The molecule has 0 bridgehead atoms. The first-order valence-electron chi connectivity index (χ1n) is 8.64. The molecule has 0 unspecified atom stereocenters. The Hall–Kier alpha value is -3.20. The Morgan fingerprint density at radius 3 is 2.52 bits per heavy atom. The zero-order valence-electron chi connectivity index (χ0n) is 16.1. The highest BCUT2D eigenvalue weighted by atomic mass is 32.2. The lowest BCUT2D eigenvalue weighted by molar-refractivity contribution is -0.385. The Balaban J connectivity index is 1.82. The fourth-order valence-corrected chi connectivity index (χ4v) is 3.40. The first-order chi connectivity index (χ1) is 14.5. The normalized spacial score (nSPS) is 12.3. The highest BCUT2D eigenvalue weighted by Crippen LogP contribution is 2.24. The van der Waals surface area contributed by atoms with Crippen LogP contribution in [0, 0.1) is 10.1 Å². The van der Waals surface area contributed by atoms with Crippen molar-refractivity contribution in [1.29, 1.82) is 0 Å². The number of nitrogens with zero attached hydrogens (tertiary/aromatic N) is 4. The van der Waals surface area contributed by atoms with Crippen LogP contribution in [0.4, 0.5) is 24.5 Å². The minimum atomic E-state index is -4.85. The van der Waals surface area contributed by atoms with E-state index in [2.05, 4.69) is 19.6 Å². The maximum Gasteiger partial charge on any atom is 0.573 e. The van der Waals surface area contributed by atoms with Crippen LogP contribution in [-0.2, 0) is 21.3 Å². The average molecular weight is 465 g/mol. The van der Waals surface area contributed by atoms with E-state index in [1.54, 1.807) is 0 Å². The highest BCUT2D eigenvalue weighted by Gasteiger charge is 2.29. The fourth-order valence-electron chi connectivity index (χ4n) is 2.33. The number of rotatable bonds is 11. The number of aryl methyl sites for hydroxylation is 1. The molecule has 1 aromatic heterocycles. The summed E-state index contributed by atoms with van der Waals surface area (Å²) in [7, 11) is -2.56. The molecule has 2 rings (SSSR count). The molecule has 0 saturated carbocycles. The summed E-state index contributed by atoms with van der Waals surface area (Å²) in [6.07, 6.45) is -2.50. The van der Waals surface area contributed by atoms with E-state index in [-0.39, 0.29) is 35.1 Å². The summed E-state index contributed by atoms with van der Waals surface area (Å²) in [6.45, 7) is 0.417. The quantitative estimate of drug-likeness (QED) is 0.177. The molecule has 0 amide bonds. The van der Waals surface area contributed by atoms with Crippen molar-refractivity contribution in [3.8, 4) is 5.88 Å². The van der Waals surface area contributed by atoms with Crippen LogP contribution in [-0.4, -0.2) is 49.5 Å². The Kier molecular flexibility index (Phi) is 7.93. The molecule has 11 nitrogen and oxygen atoms in total. The van der Waals surface area contributed by atoms with E-state index in [0.717, 1.165) is 0 Å². The van der Waals surface area contributed by atoms with E-state index in [1.807, 2.05) is 0 Å². The minimum Gasteiger partial charge on any atom is -0.475 e. The number of halogens is 3. The molecule has 15 heteroatoms. The van der Waals surface area contributed by atoms with Crippen LogP contribution in [0.5, 0.6) is 5.88 Å². The van der Waals surface area contributed by atoms with Gasteiger partial charge < -0.3 is 9.47 Å². The highest BCUT2D eigenvalue weighted by molar-refractivity contribution is 7.89. The lowest BCUT2D eigenvalue weighted by Gasteiger charge is -2.07. The minimum absolute atomic E-state index is 0.0759. The molecule has 0 spiro atoms. The molecule has 170 valence electrons. The van der Waals surface area contributed by atoms with Crippen LogP contribution in [0.3, 0.4) is 0 Å². The number of benzene rings is 1. The molecule has 0 aliphatic rings. The van der Waals surface area contributed by atoms with Crippen molar-refractivity contribution < 1.29 is 36.0 Å². The maximum absolute atomic E-state index is 12.3. The molecule has 1 N–H and O–H groups in total. The third kappa shape index (κ3) is 7.53. The molecular formula is C16H18F3N5O6S. The second-order valence-electron chi connectivity index (χ2n) is 5.94. The number of alkyl halides is 3. The van der Waals surface area contributed by atoms with Crippen LogP contribution in [0.1, 0.15) is 12.8 Å². The second-order valence-corrected chi connectivity index (χ2v) is 7.71. The van der Waals surface area contributed by atoms with Gasteiger partial charge in [0.15, 0.2) is 6.40 Å². The Bertz CT molecular complexity index is 1020. The van der Waals surface area contributed by atoms with Gasteiger partial charge >= 0.3 is 17.9 Å². The number of aliphatic imine (C=N–C) groups is 1. The number of hydrogen-bond donors (Lipinski definition) is 1. The zero-order chi connectivity index (χ0) is 23.1. The van der Waals surface area contributed by atoms with E-state index in [1.165, 1.54) is 42.3 Å². The summed E-state index contributed by atoms with van der Waals surface area (Å²) < 4.78 is 72.1. The largest absolute Gasteiger partial charge is 0.573 e. The first-order valence-corrected chi connectivity index (χ1v) is 10.1. The Morgan fingerprint density at radius 2 is 1.97 bits per heavy atom. The fraction of sp³-hybridized carbons (Fsp3) is 0.375. The standard InChI is InChI=1S/C16H18F3N5O6S/c1-29-15-14(24(25)26)10-23(22-15)9-3-2-8-21-31(27,28)13-6-4-12(5-7-13)20-11-30-16(17,18)19/h4-7,10-11,21H,2-3,8-9H2,1H3. The van der Waals surface area contributed by atoms with E-state index in [4.69, 9.17) is 4.74 Å². The summed E-state index contributed by atoms with van der Waals surface area (Å²) in [4.78, 5) is 13.6. The van der Waals surface area contributed by atoms with Crippen LogP contribution in [0.15, 0.2) is 40.4 Å². The van der Waals surface area contributed by atoms with E-state index in [9.17, 15) is 31.7 Å². The van der Waals surface area contributed by atoms with Crippen molar-refractivity contribution in [3.05, 3.63) is 40.6 Å². The molecular weight excluding hydrogens is 447 g/mol. The predicted molar refractivity (Wildman–Crippen MR) is 102 cm³/mol. The van der Waals surface area contributed by atoms with Crippen molar-refractivity contribution in [1.82, 2.24) is 14.5 Å². The summed E-state index contributed by atoms with van der Waals surface area (Å²) in [5.74, 6) is -0.108. The van der Waals surface area contributed by atoms with E-state index >= 15 is 0 Å². The SMILES string of the molecule is COc1nn(CCCCNS(=O)(=O)c2ccc(N=COC(F)(F)F)cc2)cc1[N+](=O)[O-]. The molecule has 31 heavy (non-hydrogen) atoms. The van der Waals surface area contributed by atoms with Crippen LogP contribution >= 0.6 is 0 Å². The number of nitrogens with one attached hydrogen (secondary N) is 1. The lowest BCUT2D eigenvalue weighted by atomic mass is 10.3. The number of sulfonamides is 1. The molecule has 0 aliphatic carbocycles. The van der Waals surface area contributed by atoms with Gasteiger partial charge in [0.05, 0.1) is 22.6 Å². The van der Waals surface area contributed by atoms with E-state index < -0.39 is 21.3 Å². The molecule has 2 aromatic rings. The topological polar surface area (TPSA) is 138 Å². The van der Waals surface area contributed by atoms with Gasteiger partial charge in [0, 0.05) is 13.1 Å². The zero-order valence-corrected chi connectivity index (χ0v) is 16.9. The van der Waals surface area contributed by atoms with Crippen molar-refractivity contribution >= 4 is 27.8 Å². The van der Waals surface area contributed by atoms with Crippen molar-refractivity contribution in [2.45, 2.75) is 30.6 Å². The third-order valence-electron chi connectivity index (χ3n) is 3.74. The molecule has 0 fully saturated rings. The second kappa shape index (κ2) is 10.2. The van der Waals surface area contributed by atoms with Gasteiger partial charge in [-0.2, -0.15) is 0 Å². The van der Waals surface area contributed by atoms with Crippen LogP contribution < -0.4 is 9.46 Å². The number of methoxy groups -OCH3 is 1. The molecule has 0 aliphatic heterocycles. The predicted octanol–water partition coefficient (Wildman–Crippen LogP) is 2.75. The van der Waals surface area contributed by atoms with Crippen molar-refractivity contribution in [3.63, 3.8) is 0 Å². The van der Waals surface area contributed by atoms with Gasteiger partial charge in [-0.3, -0.25) is 14.8 Å². The average Bonchev–Trinajstić information content (AvgIpc) is 3.11. The van der Waals surface area contributed by atoms with Gasteiger partial charge in [-0.25, -0.2) is 18.1 Å². The molecule has 1 heterocycles. The maximum atomic E-state index is 12.3. The van der Waals surface area contributed by atoms with Crippen molar-refractivity contribution in [2.24, 2.45) is 4.99 Å². The summed E-state index contributed by atoms with van der Waals surface area (Å²) in [5.41, 5.74) is -0.187. The molecule has 0 radical (unpaired) electrons. The number of ether oxygens (including phenoxy) is 2. The van der Waals surface area contributed by atoms with Crippen LogP contribution in [0.25, 0.3) is 0 Å². The summed E-state index contributed by atoms with van der Waals surface area (Å²) >= 11 is 0. The summed E-state index contributed by atoms with van der Waals surface area (Å²) in [5, 5.41) is 14.8. The van der Waals surface area contributed by atoms with Crippen LogP contribution in [0.2, 0.25) is 0 Å². The number of unbranched alkanes of at least 4 members (excludes halogenated alkanes) is 1. The molecule has 0 atom stereocenters. The summed E-state index contributed by atoms with van der Waals surface area (Å²) in [6, 6.07) is 4.83. The van der Waals surface area contributed by atoms with Gasteiger partial charge in [0.25, 0.3) is 0 Å². The van der Waals surface area contributed by atoms with Crippen molar-refractivity contribution in [2.75, 3.05) is 13.7 Å². The monoisotopic (exact) mass is 465 g/mol.